The third kappa shape index (κ3) is 8.71. The van der Waals surface area contributed by atoms with Crippen molar-refractivity contribution in [2.75, 3.05) is 33.5 Å². The molecule has 0 amide bonds. The van der Waals surface area contributed by atoms with Gasteiger partial charge in [0.1, 0.15) is 19.0 Å². The van der Waals surface area contributed by atoms with Crippen LogP contribution in [0.4, 0.5) is 0 Å². The Kier molecular flexibility index (Phi) is 12.1. The van der Waals surface area contributed by atoms with Crippen LogP contribution in [-0.2, 0) is 22.5 Å². The van der Waals surface area contributed by atoms with E-state index in [1.807, 2.05) is 31.2 Å². The summed E-state index contributed by atoms with van der Waals surface area (Å²) < 4.78 is 11.6. The fourth-order valence-electron chi connectivity index (χ4n) is 5.04. The van der Waals surface area contributed by atoms with Crippen LogP contribution in [0, 0.1) is 13.8 Å². The molecule has 0 heterocycles. The van der Waals surface area contributed by atoms with Crippen LogP contribution in [0.3, 0.4) is 0 Å². The molecule has 0 saturated heterocycles. The molecule has 0 saturated carbocycles. The minimum Gasteiger partial charge on any atom is -0.490 e. The van der Waals surface area contributed by atoms with Crippen molar-refractivity contribution in [2.45, 2.75) is 32.6 Å². The number of hydrogen-bond acceptors (Lipinski definition) is 6. The Morgan fingerprint density at radius 2 is 1.55 bits per heavy atom. The lowest BCUT2D eigenvalue weighted by Crippen LogP contribution is -2.16. The van der Waals surface area contributed by atoms with Gasteiger partial charge in [-0.25, -0.2) is 0 Å². The van der Waals surface area contributed by atoms with E-state index in [-0.39, 0.29) is 5.92 Å². The average molecular weight is 610 g/mol. The summed E-state index contributed by atoms with van der Waals surface area (Å²) >= 11 is 12.5. The van der Waals surface area contributed by atoms with Gasteiger partial charge < -0.3 is 15.2 Å². The Bertz CT molecular complexity index is 1420. The molecule has 0 aromatic heterocycles. The first-order valence-electron chi connectivity index (χ1n) is 14.0. The fourth-order valence-corrected chi connectivity index (χ4v) is 5.74. The minimum atomic E-state index is 0.201. The average Bonchev–Trinajstić information content (AvgIpc) is 2.98. The number of hydrogen-bond donors (Lipinski definition) is 2. The van der Waals surface area contributed by atoms with Gasteiger partial charge in [-0.1, -0.05) is 83.4 Å². The molecular weight excluding hydrogens is 571 g/mol. The molecule has 1 atom stereocenters. The van der Waals surface area contributed by atoms with E-state index in [0.717, 1.165) is 24.2 Å². The maximum Gasteiger partial charge on any atom is 0.156 e. The molecule has 42 heavy (non-hydrogen) atoms. The second-order valence-corrected chi connectivity index (χ2v) is 11.0. The van der Waals surface area contributed by atoms with Gasteiger partial charge in [-0.3, -0.25) is 9.68 Å². The van der Waals surface area contributed by atoms with Gasteiger partial charge in [0.2, 0.25) is 0 Å². The molecular formula is C34H38Cl2N2O4. The molecule has 0 spiro atoms. The molecule has 8 heteroatoms. The van der Waals surface area contributed by atoms with Gasteiger partial charge in [-0.15, -0.1) is 0 Å². The molecule has 4 aromatic rings. The monoisotopic (exact) mass is 608 g/mol. The smallest absolute Gasteiger partial charge is 0.156 e. The van der Waals surface area contributed by atoms with Crippen LogP contribution < -0.4 is 20.9 Å². The Labute approximate surface area is 258 Å². The van der Waals surface area contributed by atoms with Crippen LogP contribution in [0.25, 0.3) is 11.1 Å². The molecule has 0 aliphatic heterocycles. The highest BCUT2D eigenvalue weighted by molar-refractivity contribution is 6.37. The van der Waals surface area contributed by atoms with Crippen LogP contribution in [0.2, 0.25) is 10.0 Å². The second kappa shape index (κ2) is 15.9. The van der Waals surface area contributed by atoms with Crippen LogP contribution >= 0.6 is 23.2 Å². The summed E-state index contributed by atoms with van der Waals surface area (Å²) in [7, 11) is 1.52. The predicted octanol–water partition coefficient (Wildman–Crippen LogP) is 7.65. The van der Waals surface area contributed by atoms with Crippen molar-refractivity contribution in [3.05, 3.63) is 117 Å². The van der Waals surface area contributed by atoms with Gasteiger partial charge in [-0.2, -0.15) is 0 Å². The highest BCUT2D eigenvalue weighted by atomic mass is 35.5. The summed E-state index contributed by atoms with van der Waals surface area (Å²) in [6, 6.07) is 26.8. The number of nitrogens with two attached hydrogens (primary N) is 1. The third-order valence-electron chi connectivity index (χ3n) is 7.08. The van der Waals surface area contributed by atoms with Crippen molar-refractivity contribution in [2.24, 2.45) is 5.73 Å². The molecule has 0 fully saturated rings. The predicted molar refractivity (Wildman–Crippen MR) is 171 cm³/mol. The number of halogens is 2. The van der Waals surface area contributed by atoms with E-state index >= 15 is 0 Å². The standard InChI is InChI=1S/C34H38Cl2N2O4/c1-23-18-32(35)34(33(36)19-23)41-17-16-40-29-11-8-25(9-12-29)21-28(22-37)30-13-10-27(20-24(30)2)31-7-5-4-6-26(31)14-15-42-38-39-3/h4-13,18-20,28,38H,14-17,21-22,37H2,1-3H3. The number of benzene rings is 4. The van der Waals surface area contributed by atoms with Crippen LogP contribution in [0.15, 0.2) is 78.9 Å². The quantitative estimate of drug-likeness (QED) is 0.107. The van der Waals surface area contributed by atoms with E-state index in [1.54, 1.807) is 0 Å². The van der Waals surface area contributed by atoms with E-state index in [4.69, 9.17) is 48.1 Å². The molecule has 3 N–H and O–H groups in total. The van der Waals surface area contributed by atoms with Gasteiger partial charge in [0.25, 0.3) is 0 Å². The van der Waals surface area contributed by atoms with E-state index < -0.39 is 0 Å². The van der Waals surface area contributed by atoms with Crippen molar-refractivity contribution in [3.8, 4) is 22.6 Å². The molecule has 4 rings (SSSR count). The molecule has 4 aromatic carbocycles. The highest BCUT2D eigenvalue weighted by Crippen LogP contribution is 2.34. The maximum atomic E-state index is 6.28. The molecule has 0 radical (unpaired) electrons. The topological polar surface area (TPSA) is 75.0 Å². The van der Waals surface area contributed by atoms with Gasteiger partial charge in [0.15, 0.2) is 5.75 Å². The van der Waals surface area contributed by atoms with Crippen LogP contribution in [0.1, 0.15) is 33.7 Å². The Morgan fingerprint density at radius 3 is 2.24 bits per heavy atom. The second-order valence-electron chi connectivity index (χ2n) is 10.1. The van der Waals surface area contributed by atoms with Crippen molar-refractivity contribution < 1.29 is 19.1 Å². The van der Waals surface area contributed by atoms with E-state index in [1.165, 1.54) is 40.5 Å². The molecule has 1 unspecified atom stereocenters. The van der Waals surface area contributed by atoms with Crippen molar-refractivity contribution >= 4 is 23.2 Å². The highest BCUT2D eigenvalue weighted by Gasteiger charge is 2.15. The summed E-state index contributed by atoms with van der Waals surface area (Å²) in [6.45, 7) is 5.86. The van der Waals surface area contributed by atoms with E-state index in [2.05, 4.69) is 67.2 Å². The first-order valence-corrected chi connectivity index (χ1v) is 14.7. The van der Waals surface area contributed by atoms with Gasteiger partial charge in [0, 0.05) is 5.92 Å². The summed E-state index contributed by atoms with van der Waals surface area (Å²) in [6.07, 6.45) is 1.60. The largest absolute Gasteiger partial charge is 0.490 e. The van der Waals surface area contributed by atoms with Crippen LogP contribution in [-0.4, -0.2) is 33.5 Å². The normalized spacial score (nSPS) is 11.9. The van der Waals surface area contributed by atoms with Gasteiger partial charge in [-0.05, 0) is 96.4 Å². The first-order chi connectivity index (χ1) is 20.4. The Balaban J connectivity index is 1.34. The first kappa shape index (κ1) is 31.8. The minimum absolute atomic E-state index is 0.201. The summed E-state index contributed by atoms with van der Waals surface area (Å²) in [5, 5.41) is 0.991. The number of ether oxygens (including phenoxy) is 2. The molecule has 0 aliphatic rings. The fraction of sp³-hybridized carbons (Fsp3) is 0.294. The zero-order valence-electron chi connectivity index (χ0n) is 24.3. The van der Waals surface area contributed by atoms with E-state index in [9.17, 15) is 0 Å². The third-order valence-corrected chi connectivity index (χ3v) is 7.65. The molecule has 0 bridgehead atoms. The zero-order chi connectivity index (χ0) is 29.9. The number of aryl methyl sites for hydroxylation is 2. The van der Waals surface area contributed by atoms with Crippen molar-refractivity contribution in [3.63, 3.8) is 0 Å². The molecule has 6 nitrogen and oxygen atoms in total. The maximum absolute atomic E-state index is 6.28. The number of rotatable bonds is 15. The van der Waals surface area contributed by atoms with Gasteiger partial charge in [0.05, 0.1) is 23.8 Å². The van der Waals surface area contributed by atoms with Crippen LogP contribution in [0.5, 0.6) is 11.5 Å². The summed E-state index contributed by atoms with van der Waals surface area (Å²) in [4.78, 5) is 10.0. The SMILES string of the molecule is CONOCCc1ccccc1-c1ccc(C(CN)Cc2ccc(OCCOc3c(Cl)cc(C)cc3Cl)cc2)c(C)c1. The lowest BCUT2D eigenvalue weighted by Gasteiger charge is -2.20. The zero-order valence-corrected chi connectivity index (χ0v) is 25.8. The Hall–Kier alpha value is -3.10. The summed E-state index contributed by atoms with van der Waals surface area (Å²) in [5.41, 5.74) is 17.0. The van der Waals surface area contributed by atoms with Crippen molar-refractivity contribution in [1.29, 1.82) is 0 Å². The molecule has 0 aliphatic carbocycles. The van der Waals surface area contributed by atoms with Crippen molar-refractivity contribution in [1.82, 2.24) is 5.64 Å². The molecule has 222 valence electrons. The number of nitrogens with one attached hydrogen (secondary N) is 1. The van der Waals surface area contributed by atoms with E-state index in [0.29, 0.717) is 42.2 Å². The Morgan fingerprint density at radius 1 is 0.833 bits per heavy atom. The summed E-state index contributed by atoms with van der Waals surface area (Å²) in [5.74, 6) is 1.45. The lowest BCUT2D eigenvalue weighted by molar-refractivity contribution is -0.150. The van der Waals surface area contributed by atoms with Gasteiger partial charge >= 0.3 is 0 Å². The lowest BCUT2D eigenvalue weighted by atomic mass is 9.87.